The molecule has 0 saturated heterocycles. The van der Waals surface area contributed by atoms with Gasteiger partial charge in [-0.3, -0.25) is 4.79 Å². The van der Waals surface area contributed by atoms with E-state index in [4.69, 9.17) is 9.97 Å². The van der Waals surface area contributed by atoms with Gasteiger partial charge in [0.2, 0.25) is 5.91 Å². The Balaban J connectivity index is 1.31. The molecular formula is C41H61N5O. The Bertz CT molecular complexity index is 1520. The Morgan fingerprint density at radius 1 is 0.723 bits per heavy atom. The highest BCUT2D eigenvalue weighted by Crippen LogP contribution is 2.32. The summed E-state index contributed by atoms with van der Waals surface area (Å²) in [6, 6.07) is 17.1. The summed E-state index contributed by atoms with van der Waals surface area (Å²) in [5.74, 6) is 2.11. The highest BCUT2D eigenvalue weighted by molar-refractivity contribution is 6.07. The number of carbonyl (C=O) groups excluding carboxylic acids is 1. The molecule has 0 saturated carbocycles. The molecule has 0 aliphatic carbocycles. The van der Waals surface area contributed by atoms with E-state index in [-0.39, 0.29) is 11.4 Å². The second-order valence-electron chi connectivity index (χ2n) is 14.5. The molecule has 256 valence electrons. The van der Waals surface area contributed by atoms with Crippen molar-refractivity contribution in [3.05, 3.63) is 65.5 Å². The van der Waals surface area contributed by atoms with Crippen molar-refractivity contribution < 1.29 is 4.79 Å². The van der Waals surface area contributed by atoms with E-state index in [0.717, 1.165) is 77.8 Å². The van der Waals surface area contributed by atoms with Gasteiger partial charge in [-0.25, -0.2) is 9.97 Å². The lowest BCUT2D eigenvalue weighted by atomic mass is 10.0. The van der Waals surface area contributed by atoms with Crippen LogP contribution in [0.2, 0.25) is 0 Å². The third-order valence-corrected chi connectivity index (χ3v) is 9.02. The normalized spacial score (nSPS) is 11.9. The minimum absolute atomic E-state index is 0.131. The zero-order valence-electron chi connectivity index (χ0n) is 30.1. The molecule has 0 radical (unpaired) electrons. The first-order chi connectivity index (χ1) is 22.8. The molecule has 2 heterocycles. The van der Waals surface area contributed by atoms with Crippen LogP contribution in [0.5, 0.6) is 0 Å². The molecule has 2 aromatic heterocycles. The molecule has 2 N–H and O–H groups in total. The van der Waals surface area contributed by atoms with E-state index in [2.05, 4.69) is 98.4 Å². The van der Waals surface area contributed by atoms with Gasteiger partial charge in [-0.1, -0.05) is 133 Å². The summed E-state index contributed by atoms with van der Waals surface area (Å²) in [6.45, 7) is 12.3. The number of rotatable bonds is 21. The van der Waals surface area contributed by atoms with Crippen molar-refractivity contribution in [2.24, 2.45) is 0 Å². The van der Waals surface area contributed by atoms with E-state index >= 15 is 0 Å². The van der Waals surface area contributed by atoms with Crippen molar-refractivity contribution in [2.75, 3.05) is 5.32 Å². The quantitative estimate of drug-likeness (QED) is 0.0890. The van der Waals surface area contributed by atoms with Crippen molar-refractivity contribution in [2.45, 2.75) is 156 Å². The van der Waals surface area contributed by atoms with Crippen LogP contribution in [0.4, 0.5) is 5.82 Å². The van der Waals surface area contributed by atoms with Crippen LogP contribution in [0.25, 0.3) is 21.9 Å². The molecule has 4 rings (SSSR count). The second kappa shape index (κ2) is 18.8. The zero-order chi connectivity index (χ0) is 33.5. The van der Waals surface area contributed by atoms with Crippen molar-refractivity contribution in [1.82, 2.24) is 19.9 Å². The van der Waals surface area contributed by atoms with Crippen LogP contribution in [-0.2, 0) is 24.3 Å². The zero-order valence-corrected chi connectivity index (χ0v) is 30.1. The summed E-state index contributed by atoms with van der Waals surface area (Å²) >= 11 is 0. The number of anilines is 1. The number of para-hydroxylation sites is 1. The topological polar surface area (TPSA) is 71.8 Å². The number of nitrogens with zero attached hydrogens (tertiary/aromatic N) is 3. The van der Waals surface area contributed by atoms with Gasteiger partial charge in [-0.05, 0) is 50.8 Å². The van der Waals surface area contributed by atoms with E-state index in [1.54, 1.807) is 0 Å². The number of carbonyl (C=O) groups is 1. The van der Waals surface area contributed by atoms with Crippen LogP contribution in [0, 0.1) is 0 Å². The summed E-state index contributed by atoms with van der Waals surface area (Å²) in [5, 5.41) is 7.89. The average molecular weight is 640 g/mol. The SMILES string of the molecule is CCCCCCCCCCCCCCC(=O)NCc1ccc(Cn2c(CCCC)nc3c(NC(C)(C)C)nc4ccccc4c32)cc1. The Kier molecular flexibility index (Phi) is 14.6. The lowest BCUT2D eigenvalue weighted by Gasteiger charge is -2.22. The standard InChI is InChI=1S/C41H61N5O/c1-6-8-10-11-12-13-14-15-16-17-18-19-25-37(47)42-30-32-26-28-33(29-27-32)31-46-36(24-9-7-2)44-38-39(46)34-22-20-21-23-35(34)43-40(38)45-41(3,4)5/h20-23,26-29H,6-19,24-25,30-31H2,1-5H3,(H,42,47)(H,43,45). The lowest BCUT2D eigenvalue weighted by molar-refractivity contribution is -0.121. The summed E-state index contributed by atoms with van der Waals surface area (Å²) < 4.78 is 2.40. The molecule has 47 heavy (non-hydrogen) atoms. The molecule has 1 amide bonds. The minimum Gasteiger partial charge on any atom is -0.364 e. The van der Waals surface area contributed by atoms with Gasteiger partial charge in [-0.15, -0.1) is 0 Å². The van der Waals surface area contributed by atoms with Crippen LogP contribution in [0.3, 0.4) is 0 Å². The molecule has 6 heteroatoms. The summed E-state index contributed by atoms with van der Waals surface area (Å²) in [6.07, 6.45) is 19.5. The first kappa shape index (κ1) is 36.4. The van der Waals surface area contributed by atoms with Gasteiger partial charge >= 0.3 is 0 Å². The highest BCUT2D eigenvalue weighted by atomic mass is 16.1. The monoisotopic (exact) mass is 639 g/mol. The highest BCUT2D eigenvalue weighted by Gasteiger charge is 2.21. The number of benzene rings is 2. The maximum absolute atomic E-state index is 12.5. The van der Waals surface area contributed by atoms with Gasteiger partial charge in [0.15, 0.2) is 5.82 Å². The van der Waals surface area contributed by atoms with Crippen LogP contribution < -0.4 is 10.6 Å². The van der Waals surface area contributed by atoms with Crippen LogP contribution in [-0.4, -0.2) is 26.0 Å². The molecule has 0 fully saturated rings. The molecule has 0 bridgehead atoms. The maximum atomic E-state index is 12.5. The number of pyridine rings is 1. The number of unbranched alkanes of at least 4 members (excludes halogenated alkanes) is 12. The Hall–Kier alpha value is -3.41. The number of hydrogen-bond acceptors (Lipinski definition) is 4. The third kappa shape index (κ3) is 11.7. The number of imidazole rings is 1. The number of amides is 1. The predicted molar refractivity (Wildman–Crippen MR) is 200 cm³/mol. The number of aryl methyl sites for hydroxylation is 1. The average Bonchev–Trinajstić information content (AvgIpc) is 3.41. The van der Waals surface area contributed by atoms with Crippen molar-refractivity contribution >= 4 is 33.7 Å². The second-order valence-corrected chi connectivity index (χ2v) is 14.5. The summed E-state index contributed by atoms with van der Waals surface area (Å²) in [7, 11) is 0. The first-order valence-electron chi connectivity index (χ1n) is 18.7. The fourth-order valence-corrected chi connectivity index (χ4v) is 6.38. The Morgan fingerprint density at radius 2 is 1.32 bits per heavy atom. The molecule has 4 aromatic rings. The smallest absolute Gasteiger partial charge is 0.220 e. The van der Waals surface area contributed by atoms with E-state index in [1.165, 1.54) is 69.8 Å². The number of nitrogens with one attached hydrogen (secondary N) is 2. The molecule has 0 atom stereocenters. The van der Waals surface area contributed by atoms with Crippen molar-refractivity contribution in [3.8, 4) is 0 Å². The molecule has 0 spiro atoms. The van der Waals surface area contributed by atoms with Gasteiger partial charge in [-0.2, -0.15) is 0 Å². The molecule has 6 nitrogen and oxygen atoms in total. The largest absolute Gasteiger partial charge is 0.364 e. The first-order valence-corrected chi connectivity index (χ1v) is 18.7. The van der Waals surface area contributed by atoms with Crippen molar-refractivity contribution in [3.63, 3.8) is 0 Å². The van der Waals surface area contributed by atoms with Crippen LogP contribution >= 0.6 is 0 Å². The molecule has 2 aromatic carbocycles. The molecular weight excluding hydrogens is 578 g/mol. The van der Waals surface area contributed by atoms with Crippen LogP contribution in [0.1, 0.15) is 148 Å². The number of hydrogen-bond donors (Lipinski definition) is 2. The summed E-state index contributed by atoms with van der Waals surface area (Å²) in [5.41, 5.74) is 5.28. The van der Waals surface area contributed by atoms with E-state index in [9.17, 15) is 4.79 Å². The number of fused-ring (bicyclic) bond motifs is 3. The fraction of sp³-hybridized carbons (Fsp3) is 0.585. The fourth-order valence-electron chi connectivity index (χ4n) is 6.38. The number of aromatic nitrogens is 3. The molecule has 0 aliphatic rings. The van der Waals surface area contributed by atoms with Gasteiger partial charge in [0, 0.05) is 36.9 Å². The van der Waals surface area contributed by atoms with Gasteiger partial charge in [0.05, 0.1) is 11.0 Å². The lowest BCUT2D eigenvalue weighted by Crippen LogP contribution is -2.26. The summed E-state index contributed by atoms with van der Waals surface area (Å²) in [4.78, 5) is 22.7. The third-order valence-electron chi connectivity index (χ3n) is 9.02. The molecule has 0 unspecified atom stereocenters. The Labute approximate surface area is 284 Å². The molecule has 0 aliphatic heterocycles. The van der Waals surface area contributed by atoms with Gasteiger partial charge in [0.25, 0.3) is 0 Å². The van der Waals surface area contributed by atoms with Crippen LogP contribution in [0.15, 0.2) is 48.5 Å². The van der Waals surface area contributed by atoms with E-state index in [1.807, 2.05) is 0 Å². The maximum Gasteiger partial charge on any atom is 0.220 e. The van der Waals surface area contributed by atoms with Crippen molar-refractivity contribution in [1.29, 1.82) is 0 Å². The van der Waals surface area contributed by atoms with Gasteiger partial charge < -0.3 is 15.2 Å². The minimum atomic E-state index is -0.131. The van der Waals surface area contributed by atoms with E-state index < -0.39 is 0 Å². The predicted octanol–water partition coefficient (Wildman–Crippen LogP) is 10.9. The van der Waals surface area contributed by atoms with Gasteiger partial charge in [0.1, 0.15) is 11.3 Å². The van der Waals surface area contributed by atoms with E-state index in [0.29, 0.717) is 13.0 Å². The Morgan fingerprint density at radius 3 is 1.96 bits per heavy atom.